The predicted octanol–water partition coefficient (Wildman–Crippen LogP) is 3.41. The lowest BCUT2D eigenvalue weighted by atomic mass is 9.89. The molecule has 1 aromatic rings. The molecule has 3 rings (SSSR count). The summed E-state index contributed by atoms with van der Waals surface area (Å²) in [5.41, 5.74) is 0.699. The average molecular weight is 382 g/mol. The summed E-state index contributed by atoms with van der Waals surface area (Å²) >= 11 is 6.04. The van der Waals surface area contributed by atoms with Gasteiger partial charge in [0, 0.05) is 31.2 Å². The van der Waals surface area contributed by atoms with Gasteiger partial charge in [-0.2, -0.15) is 0 Å². The first-order valence-corrected chi connectivity index (χ1v) is 9.65. The molecule has 0 aromatic heterocycles. The second-order valence-corrected chi connectivity index (χ2v) is 7.58. The van der Waals surface area contributed by atoms with Crippen LogP contribution in [-0.4, -0.2) is 47.9 Å². The van der Waals surface area contributed by atoms with E-state index in [1.165, 1.54) is 44.2 Å². The Morgan fingerprint density at radius 3 is 2.65 bits per heavy atom. The quantitative estimate of drug-likeness (QED) is 0.820. The molecule has 2 aliphatic rings. The molecule has 1 aromatic carbocycles. The normalized spacial score (nSPS) is 18.5. The molecule has 142 valence electrons. The van der Waals surface area contributed by atoms with Crippen LogP contribution in [0.15, 0.2) is 18.2 Å². The minimum atomic E-state index is -0.400. The third-order valence-electron chi connectivity index (χ3n) is 5.20. The average Bonchev–Trinajstić information content (AvgIpc) is 2.96. The number of hydrogen-bond donors (Lipinski definition) is 1. The van der Waals surface area contributed by atoms with Crippen LogP contribution in [0.2, 0.25) is 5.02 Å². The zero-order valence-electron chi connectivity index (χ0n) is 14.8. The second kappa shape index (κ2) is 8.71. The first kappa shape index (κ1) is 19.0. The number of amides is 3. The van der Waals surface area contributed by atoms with Crippen molar-refractivity contribution in [2.24, 2.45) is 5.92 Å². The third-order valence-corrected chi connectivity index (χ3v) is 5.56. The molecule has 0 atom stereocenters. The van der Waals surface area contributed by atoms with Gasteiger partial charge in [-0.3, -0.25) is 4.79 Å². The fraction of sp³-hybridized carbons (Fsp3) is 0.579. The minimum absolute atomic E-state index is 0.0825. The van der Waals surface area contributed by atoms with Gasteiger partial charge in [-0.25, -0.2) is 9.18 Å². The van der Waals surface area contributed by atoms with E-state index in [4.69, 9.17) is 11.6 Å². The molecule has 2 fully saturated rings. The number of nitrogens with one attached hydrogen (secondary N) is 1. The van der Waals surface area contributed by atoms with Crippen LogP contribution in [-0.2, 0) is 11.3 Å². The van der Waals surface area contributed by atoms with Crippen molar-refractivity contribution >= 4 is 23.5 Å². The van der Waals surface area contributed by atoms with E-state index >= 15 is 0 Å². The van der Waals surface area contributed by atoms with E-state index in [0.29, 0.717) is 42.7 Å². The number of urea groups is 1. The Morgan fingerprint density at radius 1 is 1.19 bits per heavy atom. The number of nitrogens with zero attached hydrogens (tertiary/aromatic N) is 2. The first-order valence-electron chi connectivity index (χ1n) is 9.27. The molecule has 0 radical (unpaired) electrons. The minimum Gasteiger partial charge on any atom is -0.354 e. The van der Waals surface area contributed by atoms with Crippen LogP contribution in [0, 0.1) is 11.7 Å². The topological polar surface area (TPSA) is 52.7 Å². The Hall–Kier alpha value is -1.82. The molecule has 1 saturated carbocycles. The van der Waals surface area contributed by atoms with Crippen LogP contribution >= 0.6 is 11.6 Å². The SMILES string of the molecule is O=C(CN1CCN(Cc2ccc(F)cc2Cl)C1=O)NCC1CCCCC1. The van der Waals surface area contributed by atoms with Crippen molar-refractivity contribution in [1.29, 1.82) is 0 Å². The van der Waals surface area contributed by atoms with Gasteiger partial charge >= 0.3 is 6.03 Å². The van der Waals surface area contributed by atoms with Gasteiger partial charge in [0.1, 0.15) is 12.4 Å². The van der Waals surface area contributed by atoms with Crippen LogP contribution in [0.5, 0.6) is 0 Å². The summed E-state index contributed by atoms with van der Waals surface area (Å²) in [6.07, 6.45) is 6.13. The van der Waals surface area contributed by atoms with Gasteiger partial charge < -0.3 is 15.1 Å². The molecule has 1 aliphatic heterocycles. The monoisotopic (exact) mass is 381 g/mol. The Labute approximate surface area is 158 Å². The highest BCUT2D eigenvalue weighted by atomic mass is 35.5. The van der Waals surface area contributed by atoms with Crippen LogP contribution in [0.3, 0.4) is 0 Å². The number of rotatable bonds is 6. The maximum Gasteiger partial charge on any atom is 0.320 e. The third kappa shape index (κ3) is 4.87. The van der Waals surface area contributed by atoms with E-state index in [-0.39, 0.29) is 18.5 Å². The smallest absolute Gasteiger partial charge is 0.320 e. The molecular weight excluding hydrogens is 357 g/mol. The largest absolute Gasteiger partial charge is 0.354 e. The van der Waals surface area contributed by atoms with Gasteiger partial charge in [-0.15, -0.1) is 0 Å². The summed E-state index contributed by atoms with van der Waals surface area (Å²) in [4.78, 5) is 27.8. The van der Waals surface area contributed by atoms with Crippen LogP contribution in [0.1, 0.15) is 37.7 Å². The fourth-order valence-electron chi connectivity index (χ4n) is 3.66. The van der Waals surface area contributed by atoms with E-state index in [1.807, 2.05) is 0 Å². The molecule has 26 heavy (non-hydrogen) atoms. The predicted molar refractivity (Wildman–Crippen MR) is 98.4 cm³/mol. The van der Waals surface area contributed by atoms with Crippen molar-refractivity contribution in [3.05, 3.63) is 34.6 Å². The van der Waals surface area contributed by atoms with Crippen molar-refractivity contribution in [1.82, 2.24) is 15.1 Å². The number of hydrogen-bond acceptors (Lipinski definition) is 2. The van der Waals surface area contributed by atoms with Gasteiger partial charge in [0.25, 0.3) is 0 Å². The molecular formula is C19H25ClFN3O2. The van der Waals surface area contributed by atoms with Crippen LogP contribution in [0.25, 0.3) is 0 Å². The van der Waals surface area contributed by atoms with Crippen LogP contribution < -0.4 is 5.32 Å². The fourth-order valence-corrected chi connectivity index (χ4v) is 3.89. The Kier molecular flexibility index (Phi) is 6.35. The lowest BCUT2D eigenvalue weighted by molar-refractivity contribution is -0.121. The van der Waals surface area contributed by atoms with E-state index in [1.54, 1.807) is 15.9 Å². The van der Waals surface area contributed by atoms with Crippen molar-refractivity contribution in [2.45, 2.75) is 38.6 Å². The van der Waals surface area contributed by atoms with Crippen molar-refractivity contribution in [3.8, 4) is 0 Å². The summed E-state index contributed by atoms with van der Waals surface area (Å²) in [7, 11) is 0. The summed E-state index contributed by atoms with van der Waals surface area (Å²) in [5, 5.41) is 3.27. The standard InChI is InChI=1S/C19H25ClFN3O2/c20-17-10-16(21)7-6-15(17)12-23-8-9-24(19(23)26)13-18(25)22-11-14-4-2-1-3-5-14/h6-7,10,14H,1-5,8-9,11-13H2,(H,22,25). The summed E-state index contributed by atoms with van der Waals surface area (Å²) < 4.78 is 13.1. The highest BCUT2D eigenvalue weighted by Crippen LogP contribution is 2.23. The molecule has 3 amide bonds. The lowest BCUT2D eigenvalue weighted by Gasteiger charge is -2.23. The number of carbonyl (C=O) groups is 2. The van der Waals surface area contributed by atoms with E-state index < -0.39 is 5.82 Å². The van der Waals surface area contributed by atoms with Gasteiger partial charge in [0.2, 0.25) is 5.91 Å². The maximum absolute atomic E-state index is 13.1. The number of carbonyl (C=O) groups excluding carboxylic acids is 2. The Balaban J connectivity index is 1.46. The molecule has 0 unspecified atom stereocenters. The van der Waals surface area contributed by atoms with E-state index in [9.17, 15) is 14.0 Å². The molecule has 1 N–H and O–H groups in total. The molecule has 1 saturated heterocycles. The number of benzene rings is 1. The van der Waals surface area contributed by atoms with Gasteiger partial charge in [0.15, 0.2) is 0 Å². The van der Waals surface area contributed by atoms with Crippen LogP contribution in [0.4, 0.5) is 9.18 Å². The zero-order valence-corrected chi connectivity index (χ0v) is 15.6. The second-order valence-electron chi connectivity index (χ2n) is 7.17. The van der Waals surface area contributed by atoms with E-state index in [0.717, 1.165) is 0 Å². The Bertz CT molecular complexity index is 664. The highest BCUT2D eigenvalue weighted by Gasteiger charge is 2.30. The summed E-state index contributed by atoms with van der Waals surface area (Å²) in [6.45, 7) is 2.14. The molecule has 1 aliphatic carbocycles. The van der Waals surface area contributed by atoms with Gasteiger partial charge in [-0.1, -0.05) is 36.9 Å². The number of halogens is 2. The van der Waals surface area contributed by atoms with Crippen molar-refractivity contribution in [2.75, 3.05) is 26.2 Å². The maximum atomic E-state index is 13.1. The first-order chi connectivity index (χ1) is 12.5. The molecule has 0 bridgehead atoms. The van der Waals surface area contributed by atoms with Gasteiger partial charge in [0.05, 0.1) is 0 Å². The van der Waals surface area contributed by atoms with Gasteiger partial charge in [-0.05, 0) is 36.5 Å². The Morgan fingerprint density at radius 2 is 1.92 bits per heavy atom. The molecule has 7 heteroatoms. The van der Waals surface area contributed by atoms with Crippen molar-refractivity contribution < 1.29 is 14.0 Å². The zero-order chi connectivity index (χ0) is 18.5. The molecule has 0 spiro atoms. The molecule has 5 nitrogen and oxygen atoms in total. The summed E-state index contributed by atoms with van der Waals surface area (Å²) in [6, 6.07) is 3.98. The summed E-state index contributed by atoms with van der Waals surface area (Å²) in [5.74, 6) is 0.0625. The lowest BCUT2D eigenvalue weighted by Crippen LogP contribution is -2.41. The molecule has 1 heterocycles. The van der Waals surface area contributed by atoms with E-state index in [2.05, 4.69) is 5.32 Å². The highest BCUT2D eigenvalue weighted by molar-refractivity contribution is 6.31. The van der Waals surface area contributed by atoms with Crippen molar-refractivity contribution in [3.63, 3.8) is 0 Å².